The van der Waals surface area contributed by atoms with Crippen LogP contribution in [0.25, 0.3) is 0 Å². The minimum absolute atomic E-state index is 1.16. The third-order valence-corrected chi connectivity index (χ3v) is 3.63. The van der Waals surface area contributed by atoms with E-state index in [1.54, 1.807) is 0 Å². The van der Waals surface area contributed by atoms with Crippen molar-refractivity contribution in [3.05, 3.63) is 0 Å². The van der Waals surface area contributed by atoms with Crippen LogP contribution in [0.3, 0.4) is 0 Å². The minimum atomic E-state index is -7.11. The average molecular weight is 406 g/mol. The van der Waals surface area contributed by atoms with Gasteiger partial charge in [-0.05, 0) is 12.8 Å². The van der Waals surface area contributed by atoms with Gasteiger partial charge in [0, 0.05) is 12.8 Å². The number of hydrogen-bond donors (Lipinski definition) is 0. The van der Waals surface area contributed by atoms with Crippen LogP contribution < -0.4 is 0 Å². The van der Waals surface area contributed by atoms with Crippen LogP contribution in [-0.2, 0) is 0 Å². The molecule has 0 radical (unpaired) electrons. The Bertz CT molecular complexity index is 419. The lowest BCUT2D eigenvalue weighted by molar-refractivity contribution is -0.390. The standard InChI is InChI=1S/C10H11F13Si/c11-5(12,3-1-2-4-6(13,14)15)7(16,17)8(18,19)9(20,21)10(22,23)24/h1-4H2,24H3. The van der Waals surface area contributed by atoms with Crippen LogP contribution in [0, 0.1) is 0 Å². The summed E-state index contributed by atoms with van der Waals surface area (Å²) in [6.45, 7) is 0. The third kappa shape index (κ3) is 4.48. The second-order valence-corrected chi connectivity index (χ2v) is 6.39. The molecular formula is C10H11F13Si. The summed E-state index contributed by atoms with van der Waals surface area (Å²) in [4.78, 5) is 0. The van der Waals surface area contributed by atoms with Crippen LogP contribution in [-0.4, -0.2) is 45.7 Å². The van der Waals surface area contributed by atoms with Gasteiger partial charge in [0.1, 0.15) is 0 Å². The highest BCUT2D eigenvalue weighted by Gasteiger charge is 2.84. The van der Waals surface area contributed by atoms with Gasteiger partial charge < -0.3 is 0 Å². The third-order valence-electron chi connectivity index (χ3n) is 3.00. The summed E-state index contributed by atoms with van der Waals surface area (Å²) in [6, 6.07) is 0. The van der Waals surface area contributed by atoms with Gasteiger partial charge in [0.05, 0.1) is 10.2 Å². The maximum atomic E-state index is 13.2. The van der Waals surface area contributed by atoms with Crippen LogP contribution in [0.2, 0.25) is 0 Å². The van der Waals surface area contributed by atoms with Crippen LogP contribution in [0.4, 0.5) is 57.1 Å². The van der Waals surface area contributed by atoms with E-state index in [1.165, 1.54) is 0 Å². The Kier molecular flexibility index (Phi) is 6.37. The fraction of sp³-hybridized carbons (Fsp3) is 1.00. The Morgan fingerprint density at radius 3 is 1.21 bits per heavy atom. The van der Waals surface area contributed by atoms with Crippen molar-refractivity contribution < 1.29 is 57.1 Å². The van der Waals surface area contributed by atoms with Crippen molar-refractivity contribution >= 4 is 10.2 Å². The van der Waals surface area contributed by atoms with Crippen molar-refractivity contribution in [1.82, 2.24) is 0 Å². The molecule has 0 bridgehead atoms. The topological polar surface area (TPSA) is 0 Å². The molecule has 0 amide bonds. The summed E-state index contributed by atoms with van der Waals surface area (Å²) in [5.41, 5.74) is -5.62. The van der Waals surface area contributed by atoms with Gasteiger partial charge in [-0.2, -0.15) is 48.3 Å². The zero-order chi connectivity index (χ0) is 19.8. The molecule has 24 heavy (non-hydrogen) atoms. The molecule has 0 saturated carbocycles. The molecule has 0 aromatic heterocycles. The Labute approximate surface area is 129 Å². The summed E-state index contributed by atoms with van der Waals surface area (Å²) in [5.74, 6) is -26.7. The summed E-state index contributed by atoms with van der Waals surface area (Å²) >= 11 is 0. The smallest absolute Gasteiger partial charge is 0.206 e. The normalized spacial score (nSPS) is 15.9. The van der Waals surface area contributed by atoms with Crippen LogP contribution >= 0.6 is 0 Å². The predicted molar refractivity (Wildman–Crippen MR) is 59.2 cm³/mol. The molecule has 0 aromatic carbocycles. The molecule has 0 saturated heterocycles. The molecule has 0 spiro atoms. The molecule has 14 heteroatoms. The van der Waals surface area contributed by atoms with Crippen molar-refractivity contribution in [2.75, 3.05) is 0 Å². The molecule has 0 rings (SSSR count). The van der Waals surface area contributed by atoms with E-state index < -0.39 is 71.3 Å². The SMILES string of the molecule is FC(F)(F)CCCCC(F)(F)C(F)(F)C(F)(F)C(F)(F)C(F)(F)[SiH3]. The maximum Gasteiger partial charge on any atom is 0.389 e. The Morgan fingerprint density at radius 2 is 0.875 bits per heavy atom. The number of halogens is 13. The fourth-order valence-corrected chi connectivity index (χ4v) is 1.85. The van der Waals surface area contributed by atoms with Gasteiger partial charge in [0.25, 0.3) is 5.55 Å². The van der Waals surface area contributed by atoms with Crippen LogP contribution in [0.15, 0.2) is 0 Å². The van der Waals surface area contributed by atoms with E-state index >= 15 is 0 Å². The molecule has 0 fully saturated rings. The summed E-state index contributed by atoms with van der Waals surface area (Å²) in [5, 5.41) is 0. The lowest BCUT2D eigenvalue weighted by Crippen LogP contribution is -2.67. The molecule has 0 heterocycles. The number of unbranched alkanes of at least 4 members (excludes halogenated alkanes) is 1. The predicted octanol–water partition coefficient (Wildman–Crippen LogP) is 4.61. The largest absolute Gasteiger partial charge is 0.389 e. The first kappa shape index (κ1) is 23.3. The molecule has 146 valence electrons. The quantitative estimate of drug-likeness (QED) is 0.314. The van der Waals surface area contributed by atoms with Crippen molar-refractivity contribution in [3.8, 4) is 0 Å². The summed E-state index contributed by atoms with van der Waals surface area (Å²) < 4.78 is 165. The Balaban J connectivity index is 5.32. The fourth-order valence-electron chi connectivity index (χ4n) is 1.53. The highest BCUT2D eigenvalue weighted by atomic mass is 28.1. The van der Waals surface area contributed by atoms with Crippen molar-refractivity contribution in [2.45, 2.75) is 61.1 Å². The molecule has 0 N–H and O–H groups in total. The van der Waals surface area contributed by atoms with E-state index in [0.29, 0.717) is 0 Å². The lowest BCUT2D eigenvalue weighted by Gasteiger charge is -2.38. The maximum absolute atomic E-state index is 13.2. The van der Waals surface area contributed by atoms with E-state index in [2.05, 4.69) is 0 Å². The Morgan fingerprint density at radius 1 is 0.500 bits per heavy atom. The molecule has 0 nitrogen and oxygen atoms in total. The summed E-state index contributed by atoms with van der Waals surface area (Å²) in [7, 11) is -2.03. The zero-order valence-electron chi connectivity index (χ0n) is 11.7. The molecule has 0 atom stereocenters. The van der Waals surface area contributed by atoms with E-state index in [0.717, 1.165) is 0 Å². The molecule has 0 aliphatic carbocycles. The van der Waals surface area contributed by atoms with E-state index in [1.807, 2.05) is 0 Å². The average Bonchev–Trinajstić information content (AvgIpc) is 2.31. The van der Waals surface area contributed by atoms with Crippen molar-refractivity contribution in [1.29, 1.82) is 0 Å². The zero-order valence-corrected chi connectivity index (χ0v) is 13.7. The monoisotopic (exact) mass is 406 g/mol. The van der Waals surface area contributed by atoms with Gasteiger partial charge in [-0.3, -0.25) is 0 Å². The van der Waals surface area contributed by atoms with Crippen LogP contribution in [0.5, 0.6) is 0 Å². The van der Waals surface area contributed by atoms with Gasteiger partial charge in [0.2, 0.25) is 0 Å². The molecule has 0 aromatic rings. The Hall–Kier alpha value is -0.693. The van der Waals surface area contributed by atoms with E-state index in [4.69, 9.17) is 0 Å². The first-order valence-corrected chi connectivity index (χ1v) is 7.16. The van der Waals surface area contributed by atoms with Crippen molar-refractivity contribution in [3.63, 3.8) is 0 Å². The van der Waals surface area contributed by atoms with Gasteiger partial charge >= 0.3 is 29.9 Å². The second-order valence-electron chi connectivity index (χ2n) is 5.14. The van der Waals surface area contributed by atoms with Gasteiger partial charge in [-0.1, -0.05) is 0 Å². The highest BCUT2D eigenvalue weighted by Crippen LogP contribution is 2.57. The number of hydrogen-bond acceptors (Lipinski definition) is 0. The van der Waals surface area contributed by atoms with E-state index in [-0.39, 0.29) is 0 Å². The molecule has 0 aliphatic rings. The van der Waals surface area contributed by atoms with E-state index in [9.17, 15) is 57.1 Å². The highest BCUT2D eigenvalue weighted by molar-refractivity contribution is 6.14. The number of alkyl halides is 13. The van der Waals surface area contributed by atoms with Gasteiger partial charge in [-0.25, -0.2) is 8.78 Å². The van der Waals surface area contributed by atoms with Gasteiger partial charge in [0.15, 0.2) is 0 Å². The summed E-state index contributed by atoms with van der Waals surface area (Å²) in [6.07, 6.45) is -11.4. The second kappa shape index (κ2) is 6.55. The first-order chi connectivity index (χ1) is 10.2. The lowest BCUT2D eigenvalue weighted by atomic mass is 9.94. The number of rotatable bonds is 8. The molecule has 0 unspecified atom stereocenters. The first-order valence-electron chi connectivity index (χ1n) is 6.16. The molecule has 0 aliphatic heterocycles. The van der Waals surface area contributed by atoms with Crippen molar-refractivity contribution in [2.24, 2.45) is 0 Å². The van der Waals surface area contributed by atoms with Crippen LogP contribution in [0.1, 0.15) is 25.7 Å². The molecular weight excluding hydrogens is 395 g/mol. The minimum Gasteiger partial charge on any atom is -0.206 e. The van der Waals surface area contributed by atoms with Gasteiger partial charge in [-0.15, -0.1) is 0 Å².